The van der Waals surface area contributed by atoms with Crippen LogP contribution in [0, 0.1) is 9.93 Å². The van der Waals surface area contributed by atoms with Gasteiger partial charge in [-0.2, -0.15) is 0 Å². The number of rotatable bonds is 8. The highest BCUT2D eigenvalue weighted by atomic mass is 32.1. The summed E-state index contributed by atoms with van der Waals surface area (Å²) in [6, 6.07) is 15.6. The fraction of sp³-hybridized carbons (Fsp3) is 0.464. The van der Waals surface area contributed by atoms with Gasteiger partial charge in [-0.15, -0.1) is 0 Å². The van der Waals surface area contributed by atoms with E-state index in [1.165, 1.54) is 0 Å². The quantitative estimate of drug-likeness (QED) is 0.332. The maximum absolute atomic E-state index is 6.27. The Morgan fingerprint density at radius 3 is 2.29 bits per heavy atom. The van der Waals surface area contributed by atoms with Crippen molar-refractivity contribution in [3.05, 3.63) is 53.0 Å². The average molecular weight is 482 g/mol. The molecule has 0 atom stereocenters. The van der Waals surface area contributed by atoms with E-state index < -0.39 is 0 Å². The summed E-state index contributed by atoms with van der Waals surface area (Å²) in [7, 11) is 1.66. The third kappa shape index (κ3) is 5.80. The highest BCUT2D eigenvalue weighted by Gasteiger charge is 2.34. The molecule has 3 aromatic rings. The lowest BCUT2D eigenvalue weighted by Gasteiger charge is -2.44. The van der Waals surface area contributed by atoms with Crippen molar-refractivity contribution in [2.24, 2.45) is 5.41 Å². The standard InChI is InChI=1S/C28H35NO4S/c1-27(2,18-28(3,4)29-12-14-31-15-13-29)19-32-22-10-11-23-25(16-22)33-24(17-26(23)34)20-6-8-21(30-5)9-7-20/h6-11,16-17H,12-15,18-19H2,1-5H3. The number of hydrogen-bond acceptors (Lipinski definition) is 6. The highest BCUT2D eigenvalue weighted by molar-refractivity contribution is 7.71. The van der Waals surface area contributed by atoms with Crippen LogP contribution in [0.15, 0.2) is 52.9 Å². The number of benzene rings is 2. The molecule has 0 aliphatic carbocycles. The zero-order chi connectivity index (χ0) is 24.3. The number of nitrogens with zero attached hydrogens (tertiary/aromatic N) is 1. The van der Waals surface area contributed by atoms with Crippen LogP contribution >= 0.6 is 12.2 Å². The Bertz CT molecular complexity index is 1180. The van der Waals surface area contributed by atoms with Gasteiger partial charge in [-0.25, -0.2) is 0 Å². The third-order valence-electron chi connectivity index (χ3n) is 6.48. The Hall–Kier alpha value is -2.41. The van der Waals surface area contributed by atoms with Crippen molar-refractivity contribution in [2.75, 3.05) is 40.0 Å². The minimum Gasteiger partial charge on any atom is -0.497 e. The Morgan fingerprint density at radius 2 is 1.62 bits per heavy atom. The molecule has 34 heavy (non-hydrogen) atoms. The normalized spacial score (nSPS) is 15.4. The van der Waals surface area contributed by atoms with Crippen LogP contribution in [0.4, 0.5) is 0 Å². The van der Waals surface area contributed by atoms with E-state index in [4.69, 9.17) is 30.8 Å². The Morgan fingerprint density at radius 1 is 0.941 bits per heavy atom. The second-order valence-corrected chi connectivity index (χ2v) is 10.8. The molecule has 0 spiro atoms. The van der Waals surface area contributed by atoms with Crippen molar-refractivity contribution in [3.63, 3.8) is 0 Å². The maximum atomic E-state index is 6.27. The first kappa shape index (κ1) is 24.7. The topological polar surface area (TPSA) is 44.1 Å². The first-order valence-electron chi connectivity index (χ1n) is 11.8. The molecule has 0 N–H and O–H groups in total. The van der Waals surface area contributed by atoms with Crippen LogP contribution in [0.3, 0.4) is 0 Å². The monoisotopic (exact) mass is 481 g/mol. The van der Waals surface area contributed by atoms with E-state index in [0.717, 1.165) is 71.0 Å². The Kier molecular flexibility index (Phi) is 7.31. The zero-order valence-corrected chi connectivity index (χ0v) is 21.7. The maximum Gasteiger partial charge on any atom is 0.139 e. The van der Waals surface area contributed by atoms with E-state index in [0.29, 0.717) is 6.61 Å². The van der Waals surface area contributed by atoms with Gasteiger partial charge in [0, 0.05) is 47.1 Å². The first-order valence-corrected chi connectivity index (χ1v) is 12.3. The molecule has 5 nitrogen and oxygen atoms in total. The molecule has 6 heteroatoms. The average Bonchev–Trinajstić information content (AvgIpc) is 2.82. The molecule has 4 rings (SSSR count). The second kappa shape index (κ2) is 10.1. The minimum absolute atomic E-state index is 0.00201. The van der Waals surface area contributed by atoms with Gasteiger partial charge in [-0.05, 0) is 56.7 Å². The van der Waals surface area contributed by atoms with Crippen molar-refractivity contribution in [1.29, 1.82) is 0 Å². The van der Waals surface area contributed by atoms with Gasteiger partial charge in [-0.1, -0.05) is 26.1 Å². The largest absolute Gasteiger partial charge is 0.497 e. The predicted molar refractivity (Wildman–Crippen MR) is 139 cm³/mol. The van der Waals surface area contributed by atoms with Gasteiger partial charge in [0.1, 0.15) is 22.8 Å². The van der Waals surface area contributed by atoms with Gasteiger partial charge in [0.2, 0.25) is 0 Å². The van der Waals surface area contributed by atoms with Gasteiger partial charge in [-0.3, -0.25) is 4.90 Å². The molecule has 2 aromatic carbocycles. The van der Waals surface area contributed by atoms with E-state index in [-0.39, 0.29) is 11.0 Å². The number of methoxy groups -OCH3 is 1. The van der Waals surface area contributed by atoms with Crippen LogP contribution in [-0.2, 0) is 4.74 Å². The van der Waals surface area contributed by atoms with E-state index in [1.807, 2.05) is 48.5 Å². The molecule has 0 saturated carbocycles. The van der Waals surface area contributed by atoms with Crippen molar-refractivity contribution >= 4 is 23.2 Å². The molecular weight excluding hydrogens is 446 g/mol. The van der Waals surface area contributed by atoms with E-state index in [2.05, 4.69) is 32.6 Å². The SMILES string of the molecule is COc1ccc(-c2cc(=S)c3ccc(OCC(C)(C)CC(C)(C)N4CCOCC4)cc3o2)cc1. The number of ether oxygens (including phenoxy) is 3. The fourth-order valence-electron chi connectivity index (χ4n) is 4.90. The molecule has 0 unspecified atom stereocenters. The lowest BCUT2D eigenvalue weighted by molar-refractivity contribution is -0.0288. The summed E-state index contributed by atoms with van der Waals surface area (Å²) >= 11 is 5.64. The second-order valence-electron chi connectivity index (χ2n) is 10.4. The molecular formula is C28H35NO4S. The van der Waals surface area contributed by atoms with Crippen molar-refractivity contribution in [3.8, 4) is 22.8 Å². The molecule has 0 bridgehead atoms. The lowest BCUT2D eigenvalue weighted by atomic mass is 9.79. The van der Waals surface area contributed by atoms with Crippen molar-refractivity contribution in [1.82, 2.24) is 4.90 Å². The molecule has 0 radical (unpaired) electrons. The first-order chi connectivity index (χ1) is 16.2. The summed E-state index contributed by atoms with van der Waals surface area (Å²) in [6.45, 7) is 13.4. The molecule has 1 aliphatic rings. The van der Waals surface area contributed by atoms with E-state index >= 15 is 0 Å². The van der Waals surface area contributed by atoms with Gasteiger partial charge in [0.15, 0.2) is 0 Å². The van der Waals surface area contributed by atoms with Crippen LogP contribution < -0.4 is 9.47 Å². The van der Waals surface area contributed by atoms with Gasteiger partial charge in [0.25, 0.3) is 0 Å². The molecule has 182 valence electrons. The Labute approximate surface area is 207 Å². The third-order valence-corrected chi connectivity index (χ3v) is 6.82. The van der Waals surface area contributed by atoms with Gasteiger partial charge < -0.3 is 18.6 Å². The molecule has 1 fully saturated rings. The lowest BCUT2D eigenvalue weighted by Crippen LogP contribution is -2.52. The van der Waals surface area contributed by atoms with Crippen LogP contribution in [0.2, 0.25) is 0 Å². The van der Waals surface area contributed by atoms with E-state index in [9.17, 15) is 0 Å². The molecule has 1 saturated heterocycles. The van der Waals surface area contributed by atoms with Crippen LogP contribution in [-0.4, -0.2) is 50.5 Å². The molecule has 1 aromatic heterocycles. The Balaban J connectivity index is 1.49. The van der Waals surface area contributed by atoms with Crippen molar-refractivity contribution < 1.29 is 18.6 Å². The summed E-state index contributed by atoms with van der Waals surface area (Å²) in [6.07, 6.45) is 1.02. The van der Waals surface area contributed by atoms with E-state index in [1.54, 1.807) is 7.11 Å². The summed E-state index contributed by atoms with van der Waals surface area (Å²) in [5, 5.41) is 0.910. The van der Waals surface area contributed by atoms with Gasteiger partial charge >= 0.3 is 0 Å². The molecule has 0 amide bonds. The summed E-state index contributed by atoms with van der Waals surface area (Å²) in [5.74, 6) is 2.32. The number of morpholine rings is 1. The number of fused-ring (bicyclic) bond motifs is 1. The zero-order valence-electron chi connectivity index (χ0n) is 20.8. The predicted octanol–water partition coefficient (Wildman–Crippen LogP) is 6.74. The number of hydrogen-bond donors (Lipinski definition) is 0. The molecule has 1 aliphatic heterocycles. The smallest absolute Gasteiger partial charge is 0.139 e. The van der Waals surface area contributed by atoms with Crippen molar-refractivity contribution in [2.45, 2.75) is 39.7 Å². The minimum atomic E-state index is 0.00201. The van der Waals surface area contributed by atoms with Crippen LogP contribution in [0.1, 0.15) is 34.1 Å². The van der Waals surface area contributed by atoms with Gasteiger partial charge in [0.05, 0.1) is 31.4 Å². The highest BCUT2D eigenvalue weighted by Crippen LogP contribution is 2.34. The summed E-state index contributed by atoms with van der Waals surface area (Å²) in [4.78, 5) is 2.53. The summed E-state index contributed by atoms with van der Waals surface area (Å²) < 4.78 is 24.0. The van der Waals surface area contributed by atoms with Crippen LogP contribution in [0.25, 0.3) is 22.3 Å². The molecule has 2 heterocycles. The summed E-state index contributed by atoms with van der Waals surface area (Å²) in [5.41, 5.74) is 1.76. The van der Waals surface area contributed by atoms with Crippen LogP contribution in [0.5, 0.6) is 11.5 Å². The fourth-order valence-corrected chi connectivity index (χ4v) is 5.18.